The molecule has 40 heteroatoms. The van der Waals surface area contributed by atoms with Crippen LogP contribution in [0.4, 0.5) is 52.7 Å². The van der Waals surface area contributed by atoms with Crippen molar-refractivity contribution in [2.24, 2.45) is 11.5 Å². The van der Waals surface area contributed by atoms with E-state index in [1.54, 1.807) is 167 Å². The zero-order valence-corrected chi connectivity index (χ0v) is 83.7. The van der Waals surface area contributed by atoms with E-state index in [2.05, 4.69) is 14.5 Å². The summed E-state index contributed by atoms with van der Waals surface area (Å²) in [5, 5.41) is 2.72. The molecule has 782 valence electrons. The highest BCUT2D eigenvalue weighted by Gasteiger charge is 2.41. The molecule has 4 aromatic heterocycles. The number of fused-ring (bicyclic) bond motifs is 3. The van der Waals surface area contributed by atoms with Crippen molar-refractivity contribution in [2.45, 2.75) is 151 Å². The highest BCUT2D eigenvalue weighted by atomic mass is 32.2. The molecule has 2 aliphatic rings. The molecule has 4 atom stereocenters. The van der Waals surface area contributed by atoms with Crippen molar-refractivity contribution in [2.75, 3.05) is 113 Å². The number of hydrogen-bond donors (Lipinski definition) is 3. The number of carbonyl (C=O) groups is 3. The van der Waals surface area contributed by atoms with Gasteiger partial charge in [-0.1, -0.05) is 60.7 Å². The Labute approximate surface area is 846 Å². The molecule has 3 amide bonds. The van der Waals surface area contributed by atoms with Crippen molar-refractivity contribution in [3.05, 3.63) is 317 Å². The van der Waals surface area contributed by atoms with Crippen molar-refractivity contribution >= 4 is 71.8 Å². The first kappa shape index (κ1) is 111. The van der Waals surface area contributed by atoms with Crippen LogP contribution in [0.25, 0.3) is 49.8 Å². The van der Waals surface area contributed by atoms with Gasteiger partial charge >= 0.3 is 18.5 Å². The number of hydrogen-bond acceptors (Lipinski definition) is 20. The van der Waals surface area contributed by atoms with Gasteiger partial charge in [0.15, 0.2) is 0 Å². The summed E-state index contributed by atoms with van der Waals surface area (Å²) in [5.74, 6) is -3.33. The average Bonchev–Trinajstić information content (AvgIpc) is 1.07. The molecule has 0 aliphatic carbocycles. The van der Waals surface area contributed by atoms with Crippen LogP contribution in [0.15, 0.2) is 236 Å². The summed E-state index contributed by atoms with van der Waals surface area (Å²) in [6.45, 7) is 11.7. The van der Waals surface area contributed by atoms with E-state index in [0.29, 0.717) is 149 Å². The standard InChI is InChI=1S/C39H41F4N5O5S2.C35H39F4N5O3.C33H37F4N5O3/c1-2-53-29-15-13-28(14-16-29)48-37(45-33-10-4-3-9-30(33)38(48)50)34(18-19-44-55(51,52)36-11-7-24-54-36)47(23-8-22-46-20-5-6-21-46)35(49)26-27-12-17-31(32(40)25-27)39(41,42)43;1-3-47-26-13-11-25(12-14-26)44-33(41-30-9-5-4-8-27(30)34(44)46)31(16-18-40)43(20-17-24-7-6-19-42(24)2)32(45)22-23-10-15-28(29(36)21-23)35(37,38)39;1-4-45-24-13-11-23(12-14-24)42-31(39-28-9-6-5-8-25(28)32(42)44)29(16-17-38)41(19-7-18-40(2)3)30(43)21-22-10-15-26(27(34)20-22)33(35,36)37/h3-4,7,9-17,24-25,34,44H,2,5-6,8,18-23,26H2,1H3;4-5,8-15,21,24,31H,3,6-7,16-20,22,40H2,1-2H3;5-6,8-15,20,29H,4,7,16-19,21,38H2,1-3H3. The van der Waals surface area contributed by atoms with Gasteiger partial charge in [0.2, 0.25) is 27.7 Å². The van der Waals surface area contributed by atoms with Gasteiger partial charge in [-0.25, -0.2) is 41.3 Å². The van der Waals surface area contributed by atoms with E-state index in [-0.39, 0.29) is 121 Å². The minimum atomic E-state index is -4.91. The highest BCUT2D eigenvalue weighted by molar-refractivity contribution is 7.91. The van der Waals surface area contributed by atoms with Crippen LogP contribution >= 0.6 is 11.3 Å². The van der Waals surface area contributed by atoms with Gasteiger partial charge < -0.3 is 55.1 Å². The van der Waals surface area contributed by atoms with Crippen LogP contribution in [0.1, 0.15) is 154 Å². The van der Waals surface area contributed by atoms with Gasteiger partial charge in [-0.3, -0.25) is 42.5 Å². The highest BCUT2D eigenvalue weighted by Crippen LogP contribution is 2.39. The molecule has 4 unspecified atom stereocenters. The minimum absolute atomic E-state index is 0.0209. The zero-order chi connectivity index (χ0) is 106. The second-order valence-electron chi connectivity index (χ2n) is 35.8. The molecule has 5 N–H and O–H groups in total. The maximum absolute atomic E-state index is 14.7. The molecule has 2 fully saturated rings. The minimum Gasteiger partial charge on any atom is -0.494 e. The first-order valence-corrected chi connectivity index (χ1v) is 50.9. The number of nitrogens with two attached hydrogens (primary N) is 2. The molecule has 6 heterocycles. The fourth-order valence-electron chi connectivity index (χ4n) is 18.4. The Bertz CT molecular complexity index is 7000. The molecule has 147 heavy (non-hydrogen) atoms. The van der Waals surface area contributed by atoms with E-state index in [0.717, 1.165) is 87.0 Å². The monoisotopic (exact) mass is 2080 g/mol. The largest absolute Gasteiger partial charge is 0.494 e. The van der Waals surface area contributed by atoms with Gasteiger partial charge in [0.05, 0.1) is 124 Å². The third-order valence-electron chi connectivity index (χ3n) is 25.5. The lowest BCUT2D eigenvalue weighted by Gasteiger charge is -2.34. The van der Waals surface area contributed by atoms with Crippen LogP contribution in [0.3, 0.4) is 0 Å². The molecule has 2 aliphatic heterocycles. The van der Waals surface area contributed by atoms with Crippen LogP contribution in [0.5, 0.6) is 17.2 Å². The normalized spacial score (nSPS) is 14.3. The van der Waals surface area contributed by atoms with Crippen molar-refractivity contribution < 1.29 is 89.7 Å². The van der Waals surface area contributed by atoms with Crippen molar-refractivity contribution in [1.29, 1.82) is 0 Å². The number of ether oxygens (including phenoxy) is 3. The van der Waals surface area contributed by atoms with Crippen molar-refractivity contribution in [3.63, 3.8) is 0 Å². The number of alkyl halides is 9. The molecule has 0 bridgehead atoms. The van der Waals surface area contributed by atoms with E-state index in [1.807, 2.05) is 46.8 Å². The number of aromatic nitrogens is 6. The molecule has 15 rings (SSSR count). The van der Waals surface area contributed by atoms with Crippen LogP contribution in [0.2, 0.25) is 0 Å². The second kappa shape index (κ2) is 50.5. The predicted molar refractivity (Wildman–Crippen MR) is 539 cm³/mol. The number of rotatable bonds is 41. The van der Waals surface area contributed by atoms with E-state index in [4.69, 9.17) is 40.6 Å². The van der Waals surface area contributed by atoms with E-state index in [1.165, 1.54) is 24.7 Å². The summed E-state index contributed by atoms with van der Waals surface area (Å²) < 4.78 is 213. The van der Waals surface area contributed by atoms with Gasteiger partial charge in [-0.2, -0.15) is 39.5 Å². The van der Waals surface area contributed by atoms with Crippen molar-refractivity contribution in [1.82, 2.24) is 62.8 Å². The molecule has 2 saturated heterocycles. The Kier molecular flexibility index (Phi) is 38.1. The summed E-state index contributed by atoms with van der Waals surface area (Å²) >= 11 is 1.04. The number of amides is 3. The summed E-state index contributed by atoms with van der Waals surface area (Å²) in [7, 11) is 1.88. The van der Waals surface area contributed by atoms with Gasteiger partial charge in [-0.15, -0.1) is 11.3 Å². The average molecular weight is 2080 g/mol. The van der Waals surface area contributed by atoms with Crippen LogP contribution in [0, 0.1) is 17.5 Å². The number of thiophene rings is 1. The van der Waals surface area contributed by atoms with E-state index < -0.39 is 111 Å². The van der Waals surface area contributed by atoms with Gasteiger partial charge in [-0.05, 0) is 326 Å². The topological polar surface area (TPSA) is 301 Å². The first-order chi connectivity index (χ1) is 70.3. The SMILES string of the molecule is CCOc1ccc(-n2c(C(CCN)N(CCC3CCCN3C)C(=O)Cc3ccc(C(F)(F)F)c(F)c3)nc3ccccc3c2=O)cc1.CCOc1ccc(-n2c(C(CCN)N(CCCN(C)C)C(=O)Cc3ccc(C(F)(F)F)c(F)c3)nc3ccccc3c2=O)cc1.CCOc1ccc(-n2c(C(CCNS(=O)(=O)c3cccs3)N(CCCN3CCCC3)C(=O)Cc3ccc(C(F)(F)F)c(F)c3)nc3ccccc3c2=O)cc1. The quantitative estimate of drug-likeness (QED) is 0.0300. The summed E-state index contributed by atoms with van der Waals surface area (Å²) in [6.07, 6.45) is -9.64. The second-order valence-corrected chi connectivity index (χ2v) is 38.8. The van der Waals surface area contributed by atoms with Gasteiger partial charge in [0.25, 0.3) is 16.7 Å². The fourth-order valence-corrected chi connectivity index (χ4v) is 20.5. The summed E-state index contributed by atoms with van der Waals surface area (Å²) in [5.41, 5.74) is 9.75. The van der Waals surface area contributed by atoms with Crippen LogP contribution < -0.4 is 47.1 Å². The molecular formula is C107H117F12N15O11S2. The van der Waals surface area contributed by atoms with Crippen LogP contribution in [-0.2, 0) is 62.2 Å². The summed E-state index contributed by atoms with van der Waals surface area (Å²) in [4.78, 5) is 111. The maximum Gasteiger partial charge on any atom is 0.419 e. The van der Waals surface area contributed by atoms with E-state index in [9.17, 15) is 89.9 Å². The van der Waals surface area contributed by atoms with Crippen LogP contribution in [-0.4, -0.2) is 203 Å². The lowest BCUT2D eigenvalue weighted by molar-refractivity contribution is -0.140. The molecular weight excluding hydrogens is 1960 g/mol. The Morgan fingerprint density at radius 1 is 0.463 bits per heavy atom. The number of nitrogens with zero attached hydrogens (tertiary/aromatic N) is 12. The molecule has 0 saturated carbocycles. The van der Waals surface area contributed by atoms with Crippen molar-refractivity contribution in [3.8, 4) is 34.3 Å². The molecule has 9 aromatic carbocycles. The molecule has 0 spiro atoms. The zero-order valence-electron chi connectivity index (χ0n) is 82.0. The fraction of sp³-hybridized carbons (Fsp3) is 0.374. The Balaban J connectivity index is 0.000000185. The lowest BCUT2D eigenvalue weighted by Crippen LogP contribution is -2.42. The molecule has 26 nitrogen and oxygen atoms in total. The number of halogens is 12. The summed E-state index contributed by atoms with van der Waals surface area (Å²) in [6, 6.07) is 49.4. The lowest BCUT2D eigenvalue weighted by atomic mass is 10.0. The number of sulfonamides is 1. The van der Waals surface area contributed by atoms with E-state index >= 15 is 0 Å². The number of benzene rings is 9. The maximum atomic E-state index is 14.7. The Morgan fingerprint density at radius 2 is 0.823 bits per heavy atom. The van der Waals surface area contributed by atoms with Gasteiger partial charge in [0, 0.05) is 32.2 Å². The Morgan fingerprint density at radius 3 is 1.15 bits per heavy atom. The Hall–Kier alpha value is -13.2. The number of carbonyl (C=O) groups excluding carboxylic acids is 3. The third kappa shape index (κ3) is 28.2. The number of nitrogens with one attached hydrogen (secondary N) is 1. The van der Waals surface area contributed by atoms with Gasteiger partial charge in [0.1, 0.15) is 56.4 Å². The third-order valence-corrected chi connectivity index (χ3v) is 28.3. The molecule has 0 radical (unpaired) electrons. The molecule has 13 aromatic rings. The number of para-hydroxylation sites is 3. The number of likely N-dealkylation sites (tertiary alicyclic amines) is 2. The smallest absolute Gasteiger partial charge is 0.419 e. The first-order valence-electron chi connectivity index (χ1n) is 48.5. The predicted octanol–water partition coefficient (Wildman–Crippen LogP) is 18.2.